The van der Waals surface area contributed by atoms with Crippen LogP contribution in [0, 0.1) is 0 Å². The average molecular weight is 240 g/mol. The minimum absolute atomic E-state index is 0.126. The van der Waals surface area contributed by atoms with Crippen molar-refractivity contribution in [2.75, 3.05) is 19.6 Å². The Kier molecular flexibility index (Phi) is 5.26. The molecule has 2 rings (SSSR count). The molecule has 2 fully saturated rings. The minimum atomic E-state index is -0.126. The molecule has 0 spiro atoms. The van der Waals surface area contributed by atoms with Crippen molar-refractivity contribution in [1.29, 1.82) is 0 Å². The van der Waals surface area contributed by atoms with E-state index < -0.39 is 0 Å². The molecule has 3 nitrogen and oxygen atoms in total. The Bertz CT molecular complexity index is 216. The second-order valence-corrected chi connectivity index (χ2v) is 5.89. The Morgan fingerprint density at radius 1 is 1.12 bits per heavy atom. The second kappa shape index (κ2) is 6.72. The predicted molar refractivity (Wildman–Crippen MR) is 71.2 cm³/mol. The van der Waals surface area contributed by atoms with E-state index in [9.17, 15) is 5.11 Å². The molecule has 0 bridgehead atoms. The monoisotopic (exact) mass is 240 g/mol. The van der Waals surface area contributed by atoms with E-state index in [0.29, 0.717) is 12.1 Å². The molecule has 1 heterocycles. The third kappa shape index (κ3) is 4.23. The summed E-state index contributed by atoms with van der Waals surface area (Å²) in [5.74, 6) is 0. The molecule has 1 aliphatic heterocycles. The summed E-state index contributed by atoms with van der Waals surface area (Å²) in [6.07, 6.45) is 8.47. The Morgan fingerprint density at radius 2 is 1.82 bits per heavy atom. The molecule has 2 aliphatic rings. The molecule has 2 N–H and O–H groups in total. The smallest absolute Gasteiger partial charge is 0.0693 e. The highest BCUT2D eigenvalue weighted by atomic mass is 16.3. The zero-order chi connectivity index (χ0) is 12.1. The van der Waals surface area contributed by atoms with Gasteiger partial charge in [0, 0.05) is 18.6 Å². The maximum absolute atomic E-state index is 10.1. The molecule has 0 aromatic rings. The van der Waals surface area contributed by atoms with Crippen molar-refractivity contribution in [3.05, 3.63) is 0 Å². The van der Waals surface area contributed by atoms with Crippen LogP contribution in [0.3, 0.4) is 0 Å². The molecule has 0 aromatic heterocycles. The highest BCUT2D eigenvalue weighted by Gasteiger charge is 2.23. The van der Waals surface area contributed by atoms with Crippen LogP contribution in [0.2, 0.25) is 0 Å². The summed E-state index contributed by atoms with van der Waals surface area (Å²) in [6, 6.07) is 0.834. The highest BCUT2D eigenvalue weighted by molar-refractivity contribution is 4.82. The molecule has 100 valence electrons. The summed E-state index contributed by atoms with van der Waals surface area (Å²) in [4.78, 5) is 2.54. The first-order valence-corrected chi connectivity index (χ1v) is 7.42. The van der Waals surface area contributed by atoms with Crippen LogP contribution in [-0.2, 0) is 0 Å². The number of nitrogens with one attached hydrogen (secondary N) is 1. The van der Waals surface area contributed by atoms with E-state index >= 15 is 0 Å². The quantitative estimate of drug-likeness (QED) is 0.735. The van der Waals surface area contributed by atoms with E-state index in [1.807, 2.05) is 0 Å². The van der Waals surface area contributed by atoms with Gasteiger partial charge in [-0.05, 0) is 45.7 Å². The fraction of sp³-hybridized carbons (Fsp3) is 1.00. The molecule has 0 radical (unpaired) electrons. The zero-order valence-corrected chi connectivity index (χ0v) is 11.2. The zero-order valence-electron chi connectivity index (χ0n) is 11.2. The van der Waals surface area contributed by atoms with Crippen LogP contribution in [0.4, 0.5) is 0 Å². The lowest BCUT2D eigenvalue weighted by Gasteiger charge is -2.28. The summed E-state index contributed by atoms with van der Waals surface area (Å²) in [6.45, 7) is 5.93. The summed E-state index contributed by atoms with van der Waals surface area (Å²) in [7, 11) is 0. The number of hydrogen-bond donors (Lipinski definition) is 2. The first-order chi connectivity index (χ1) is 8.25. The largest absolute Gasteiger partial charge is 0.392 e. The van der Waals surface area contributed by atoms with Gasteiger partial charge < -0.3 is 15.3 Å². The van der Waals surface area contributed by atoms with Gasteiger partial charge in [0.05, 0.1) is 6.10 Å². The summed E-state index contributed by atoms with van der Waals surface area (Å²) >= 11 is 0. The van der Waals surface area contributed by atoms with Gasteiger partial charge in [0.25, 0.3) is 0 Å². The number of likely N-dealkylation sites (tertiary alicyclic amines) is 1. The fourth-order valence-corrected chi connectivity index (χ4v) is 3.25. The molecule has 0 amide bonds. The van der Waals surface area contributed by atoms with E-state index in [0.717, 1.165) is 19.4 Å². The summed E-state index contributed by atoms with van der Waals surface area (Å²) in [5.41, 5.74) is 0. The van der Waals surface area contributed by atoms with Gasteiger partial charge in [0.15, 0.2) is 0 Å². The lowest BCUT2D eigenvalue weighted by Crippen LogP contribution is -2.47. The van der Waals surface area contributed by atoms with Crippen molar-refractivity contribution >= 4 is 0 Å². The van der Waals surface area contributed by atoms with Crippen LogP contribution in [0.25, 0.3) is 0 Å². The summed E-state index contributed by atoms with van der Waals surface area (Å²) in [5, 5.41) is 13.7. The molecular weight excluding hydrogens is 212 g/mol. The van der Waals surface area contributed by atoms with E-state index in [1.165, 1.54) is 45.2 Å². The van der Waals surface area contributed by atoms with E-state index in [-0.39, 0.29) is 6.10 Å². The molecule has 0 aromatic carbocycles. The Labute approximate surface area is 106 Å². The molecular formula is C14H28N2O. The first kappa shape index (κ1) is 13.3. The van der Waals surface area contributed by atoms with Crippen LogP contribution in [0.1, 0.15) is 51.9 Å². The van der Waals surface area contributed by atoms with Crippen LogP contribution in [0.15, 0.2) is 0 Å². The SMILES string of the molecule is CC(CN1CCCC1)NC1CCCCCC1O. The van der Waals surface area contributed by atoms with Gasteiger partial charge in [-0.3, -0.25) is 0 Å². The standard InChI is InChI=1S/C14H28N2O/c1-12(11-16-9-5-6-10-16)15-13-7-3-2-4-8-14(13)17/h12-15,17H,2-11H2,1H3. The van der Waals surface area contributed by atoms with Gasteiger partial charge in [0.2, 0.25) is 0 Å². The molecule has 1 saturated carbocycles. The van der Waals surface area contributed by atoms with Gasteiger partial charge >= 0.3 is 0 Å². The van der Waals surface area contributed by atoms with Gasteiger partial charge in [-0.2, -0.15) is 0 Å². The first-order valence-electron chi connectivity index (χ1n) is 7.42. The van der Waals surface area contributed by atoms with Crippen LogP contribution >= 0.6 is 0 Å². The maximum atomic E-state index is 10.1. The molecule has 17 heavy (non-hydrogen) atoms. The normalized spacial score (nSPS) is 33.5. The van der Waals surface area contributed by atoms with Crippen molar-refractivity contribution in [3.63, 3.8) is 0 Å². The third-order valence-electron chi connectivity index (χ3n) is 4.21. The fourth-order valence-electron chi connectivity index (χ4n) is 3.25. The van der Waals surface area contributed by atoms with Crippen molar-refractivity contribution in [2.24, 2.45) is 0 Å². The molecule has 3 atom stereocenters. The molecule has 3 heteroatoms. The highest BCUT2D eigenvalue weighted by Crippen LogP contribution is 2.18. The predicted octanol–water partition coefficient (Wildman–Crippen LogP) is 1.75. The lowest BCUT2D eigenvalue weighted by atomic mass is 10.1. The average Bonchev–Trinajstić information content (AvgIpc) is 2.71. The minimum Gasteiger partial charge on any atom is -0.392 e. The van der Waals surface area contributed by atoms with Crippen LogP contribution in [-0.4, -0.2) is 47.8 Å². The van der Waals surface area contributed by atoms with E-state index in [2.05, 4.69) is 17.1 Å². The topological polar surface area (TPSA) is 35.5 Å². The van der Waals surface area contributed by atoms with Gasteiger partial charge in [-0.25, -0.2) is 0 Å². The van der Waals surface area contributed by atoms with Gasteiger partial charge in [-0.15, -0.1) is 0 Å². The number of nitrogens with zero attached hydrogens (tertiary/aromatic N) is 1. The second-order valence-electron chi connectivity index (χ2n) is 5.89. The number of hydrogen-bond acceptors (Lipinski definition) is 3. The lowest BCUT2D eigenvalue weighted by molar-refractivity contribution is 0.111. The number of aliphatic hydroxyl groups is 1. The van der Waals surface area contributed by atoms with Crippen molar-refractivity contribution in [3.8, 4) is 0 Å². The van der Waals surface area contributed by atoms with E-state index in [4.69, 9.17) is 0 Å². The van der Waals surface area contributed by atoms with Crippen molar-refractivity contribution in [1.82, 2.24) is 10.2 Å². The molecule has 1 aliphatic carbocycles. The number of aliphatic hydroxyl groups excluding tert-OH is 1. The van der Waals surface area contributed by atoms with Crippen molar-refractivity contribution < 1.29 is 5.11 Å². The summed E-state index contributed by atoms with van der Waals surface area (Å²) < 4.78 is 0. The number of rotatable bonds is 4. The van der Waals surface area contributed by atoms with E-state index in [1.54, 1.807) is 0 Å². The van der Waals surface area contributed by atoms with Crippen molar-refractivity contribution in [2.45, 2.75) is 70.1 Å². The van der Waals surface area contributed by atoms with Crippen LogP contribution < -0.4 is 5.32 Å². The molecule has 3 unspecified atom stereocenters. The van der Waals surface area contributed by atoms with Gasteiger partial charge in [-0.1, -0.05) is 19.3 Å². The van der Waals surface area contributed by atoms with Crippen LogP contribution in [0.5, 0.6) is 0 Å². The maximum Gasteiger partial charge on any atom is 0.0693 e. The Morgan fingerprint density at radius 3 is 2.59 bits per heavy atom. The Hall–Kier alpha value is -0.120. The van der Waals surface area contributed by atoms with Gasteiger partial charge in [0.1, 0.15) is 0 Å². The Balaban J connectivity index is 1.73. The third-order valence-corrected chi connectivity index (χ3v) is 4.21. The molecule has 1 saturated heterocycles.